The van der Waals surface area contributed by atoms with E-state index in [2.05, 4.69) is 5.32 Å². The van der Waals surface area contributed by atoms with E-state index in [1.54, 1.807) is 42.3 Å². The standard InChI is InChI=1S/C19H21ClN2O4/c1-25-16-8-4-6-14(20)13(16)12-21-18(23)15-7-2-3-10-22(15)19(24)17-9-5-11-26-17/h4-6,8-9,11,15H,2-3,7,10,12H2,1H3,(H,21,23)/t15-/m1/s1. The first-order valence-electron chi connectivity index (χ1n) is 8.55. The fourth-order valence-electron chi connectivity index (χ4n) is 3.18. The van der Waals surface area contributed by atoms with E-state index in [1.807, 2.05) is 0 Å². The van der Waals surface area contributed by atoms with Gasteiger partial charge in [0, 0.05) is 23.7 Å². The summed E-state index contributed by atoms with van der Waals surface area (Å²) < 4.78 is 10.5. The number of furan rings is 1. The molecule has 2 heterocycles. The number of rotatable bonds is 5. The number of amides is 2. The SMILES string of the molecule is COc1cccc(Cl)c1CNC(=O)[C@H]1CCCCN1C(=O)c1ccco1. The third-order valence-electron chi connectivity index (χ3n) is 4.53. The number of methoxy groups -OCH3 is 1. The minimum Gasteiger partial charge on any atom is -0.496 e. The van der Waals surface area contributed by atoms with Gasteiger partial charge in [-0.25, -0.2) is 0 Å². The molecule has 0 bridgehead atoms. The lowest BCUT2D eigenvalue weighted by molar-refractivity contribution is -0.126. The van der Waals surface area contributed by atoms with Crippen molar-refractivity contribution in [1.29, 1.82) is 0 Å². The molecule has 3 rings (SSSR count). The van der Waals surface area contributed by atoms with Crippen molar-refractivity contribution in [1.82, 2.24) is 10.2 Å². The highest BCUT2D eigenvalue weighted by molar-refractivity contribution is 6.31. The van der Waals surface area contributed by atoms with Crippen LogP contribution in [-0.4, -0.2) is 36.4 Å². The smallest absolute Gasteiger partial charge is 0.290 e. The Morgan fingerprint density at radius 1 is 1.31 bits per heavy atom. The molecule has 1 aromatic carbocycles. The molecule has 1 N–H and O–H groups in total. The van der Waals surface area contributed by atoms with E-state index >= 15 is 0 Å². The third kappa shape index (κ3) is 3.85. The van der Waals surface area contributed by atoms with Gasteiger partial charge >= 0.3 is 0 Å². The molecule has 1 aliphatic heterocycles. The van der Waals surface area contributed by atoms with Crippen molar-refractivity contribution >= 4 is 23.4 Å². The minimum absolute atomic E-state index is 0.202. The van der Waals surface area contributed by atoms with E-state index in [-0.39, 0.29) is 24.1 Å². The monoisotopic (exact) mass is 376 g/mol. The summed E-state index contributed by atoms with van der Waals surface area (Å²) in [5.41, 5.74) is 0.713. The third-order valence-corrected chi connectivity index (χ3v) is 4.89. The molecular formula is C19H21ClN2O4. The van der Waals surface area contributed by atoms with Crippen molar-refractivity contribution in [2.24, 2.45) is 0 Å². The molecule has 138 valence electrons. The number of piperidine rings is 1. The maximum absolute atomic E-state index is 12.7. The number of nitrogens with one attached hydrogen (secondary N) is 1. The number of halogens is 1. The van der Waals surface area contributed by atoms with Gasteiger partial charge in [-0.2, -0.15) is 0 Å². The summed E-state index contributed by atoms with van der Waals surface area (Å²) in [6.45, 7) is 0.772. The summed E-state index contributed by atoms with van der Waals surface area (Å²) in [6.07, 6.45) is 3.85. The van der Waals surface area contributed by atoms with Gasteiger partial charge in [-0.05, 0) is 43.5 Å². The second-order valence-electron chi connectivity index (χ2n) is 6.13. The Kier molecular flexibility index (Phi) is 5.83. The lowest BCUT2D eigenvalue weighted by atomic mass is 10.0. The van der Waals surface area contributed by atoms with Gasteiger partial charge in [0.05, 0.1) is 13.4 Å². The first-order valence-corrected chi connectivity index (χ1v) is 8.93. The number of carbonyl (C=O) groups is 2. The summed E-state index contributed by atoms with van der Waals surface area (Å²) in [4.78, 5) is 26.9. The zero-order valence-electron chi connectivity index (χ0n) is 14.5. The molecule has 1 saturated heterocycles. The Morgan fingerprint density at radius 2 is 2.15 bits per heavy atom. The van der Waals surface area contributed by atoms with Crippen LogP contribution in [-0.2, 0) is 11.3 Å². The minimum atomic E-state index is -0.519. The van der Waals surface area contributed by atoms with Crippen molar-refractivity contribution in [3.05, 3.63) is 52.9 Å². The number of carbonyl (C=O) groups excluding carboxylic acids is 2. The molecular weight excluding hydrogens is 356 g/mol. The highest BCUT2D eigenvalue weighted by Gasteiger charge is 2.33. The molecule has 0 aliphatic carbocycles. The summed E-state index contributed by atoms with van der Waals surface area (Å²) in [5, 5.41) is 3.41. The molecule has 7 heteroatoms. The Morgan fingerprint density at radius 3 is 2.88 bits per heavy atom. The van der Waals surface area contributed by atoms with Crippen LogP contribution in [0.15, 0.2) is 41.0 Å². The fraction of sp³-hybridized carbons (Fsp3) is 0.368. The Balaban J connectivity index is 1.71. The molecule has 0 spiro atoms. The zero-order valence-corrected chi connectivity index (χ0v) is 15.3. The number of ether oxygens (including phenoxy) is 1. The van der Waals surface area contributed by atoms with Crippen molar-refractivity contribution in [2.75, 3.05) is 13.7 Å². The van der Waals surface area contributed by atoms with Gasteiger partial charge in [0.2, 0.25) is 5.91 Å². The maximum Gasteiger partial charge on any atom is 0.290 e. The van der Waals surface area contributed by atoms with Crippen LogP contribution in [0.3, 0.4) is 0 Å². The lowest BCUT2D eigenvalue weighted by Gasteiger charge is -2.34. The quantitative estimate of drug-likeness (QED) is 0.869. The van der Waals surface area contributed by atoms with E-state index in [9.17, 15) is 9.59 Å². The average molecular weight is 377 g/mol. The topological polar surface area (TPSA) is 71.8 Å². The lowest BCUT2D eigenvalue weighted by Crippen LogP contribution is -2.51. The van der Waals surface area contributed by atoms with Gasteiger partial charge in [-0.15, -0.1) is 0 Å². The molecule has 1 fully saturated rings. The Hall–Kier alpha value is -2.47. The summed E-state index contributed by atoms with van der Waals surface area (Å²) in [5.74, 6) is 0.402. The van der Waals surface area contributed by atoms with Crippen molar-refractivity contribution in [3.63, 3.8) is 0 Å². The highest BCUT2D eigenvalue weighted by atomic mass is 35.5. The van der Waals surface area contributed by atoms with Crippen molar-refractivity contribution in [3.8, 4) is 5.75 Å². The molecule has 2 aromatic rings. The van der Waals surface area contributed by atoms with E-state index in [0.29, 0.717) is 29.3 Å². The molecule has 1 aliphatic rings. The number of hydrogen-bond donors (Lipinski definition) is 1. The van der Waals surface area contributed by atoms with Crippen LogP contribution in [0.4, 0.5) is 0 Å². The van der Waals surface area contributed by atoms with Crippen molar-refractivity contribution < 1.29 is 18.7 Å². The summed E-state index contributed by atoms with van der Waals surface area (Å²) >= 11 is 6.22. The van der Waals surface area contributed by atoms with Crippen molar-refractivity contribution in [2.45, 2.75) is 31.8 Å². The molecule has 1 atom stereocenters. The van der Waals surface area contributed by atoms with E-state index in [4.69, 9.17) is 20.8 Å². The molecule has 0 saturated carbocycles. The van der Waals surface area contributed by atoms with Crippen LogP contribution in [0.1, 0.15) is 35.4 Å². The van der Waals surface area contributed by atoms with Crippen LogP contribution >= 0.6 is 11.6 Å². The summed E-state index contributed by atoms with van der Waals surface area (Å²) in [6, 6.07) is 8.09. The first-order chi connectivity index (χ1) is 12.6. The predicted octanol–water partition coefficient (Wildman–Crippen LogP) is 3.25. The van der Waals surface area contributed by atoms with E-state index in [0.717, 1.165) is 12.8 Å². The molecule has 0 unspecified atom stereocenters. The van der Waals surface area contributed by atoms with Gasteiger partial charge in [0.25, 0.3) is 5.91 Å². The van der Waals surface area contributed by atoms with Gasteiger partial charge in [0.15, 0.2) is 5.76 Å². The van der Waals surface area contributed by atoms with Gasteiger partial charge in [-0.3, -0.25) is 9.59 Å². The second kappa shape index (κ2) is 8.27. The molecule has 2 amide bonds. The Bertz CT molecular complexity index is 776. The number of nitrogens with zero attached hydrogens (tertiary/aromatic N) is 1. The van der Waals surface area contributed by atoms with Gasteiger partial charge in [-0.1, -0.05) is 17.7 Å². The molecule has 0 radical (unpaired) electrons. The summed E-state index contributed by atoms with van der Waals surface area (Å²) in [7, 11) is 1.56. The molecule has 26 heavy (non-hydrogen) atoms. The zero-order chi connectivity index (χ0) is 18.5. The van der Waals surface area contributed by atoms with Crippen LogP contribution in [0, 0.1) is 0 Å². The predicted molar refractivity (Wildman–Crippen MR) is 97.2 cm³/mol. The van der Waals surface area contributed by atoms with E-state index < -0.39 is 6.04 Å². The Labute approximate surface area is 157 Å². The average Bonchev–Trinajstić information content (AvgIpc) is 3.20. The number of likely N-dealkylation sites (tertiary alicyclic amines) is 1. The molecule has 1 aromatic heterocycles. The molecule has 6 nitrogen and oxygen atoms in total. The number of hydrogen-bond acceptors (Lipinski definition) is 4. The fourth-order valence-corrected chi connectivity index (χ4v) is 3.42. The van der Waals surface area contributed by atoms with Crippen LogP contribution in [0.5, 0.6) is 5.75 Å². The second-order valence-corrected chi connectivity index (χ2v) is 6.53. The van der Waals surface area contributed by atoms with Crippen LogP contribution in [0.2, 0.25) is 5.02 Å². The maximum atomic E-state index is 12.7. The normalized spacial score (nSPS) is 17.0. The highest BCUT2D eigenvalue weighted by Crippen LogP contribution is 2.26. The van der Waals surface area contributed by atoms with Gasteiger partial charge in [0.1, 0.15) is 11.8 Å². The first kappa shape index (κ1) is 18.3. The van der Waals surface area contributed by atoms with Crippen LogP contribution < -0.4 is 10.1 Å². The number of benzene rings is 1. The van der Waals surface area contributed by atoms with Crippen LogP contribution in [0.25, 0.3) is 0 Å². The van der Waals surface area contributed by atoms with E-state index in [1.165, 1.54) is 6.26 Å². The van der Waals surface area contributed by atoms with Gasteiger partial charge < -0.3 is 19.4 Å². The largest absolute Gasteiger partial charge is 0.496 e.